The van der Waals surface area contributed by atoms with Crippen LogP contribution in [0.1, 0.15) is 24.8 Å². The molecule has 2 fully saturated rings. The number of hydrogen-bond acceptors (Lipinski definition) is 4. The van der Waals surface area contributed by atoms with E-state index < -0.39 is 0 Å². The SMILES string of the molecule is Cc1cccc2c(=O)n(CC(=O)N3CCN4CCCC[C@H]4C3)cnc12. The maximum absolute atomic E-state index is 12.7. The molecular formula is C19H24N4O2. The van der Waals surface area contributed by atoms with Crippen molar-refractivity contribution >= 4 is 16.8 Å². The van der Waals surface area contributed by atoms with Crippen molar-refractivity contribution in [3.8, 4) is 0 Å². The number of piperazine rings is 1. The van der Waals surface area contributed by atoms with E-state index in [9.17, 15) is 9.59 Å². The van der Waals surface area contributed by atoms with Crippen molar-refractivity contribution in [3.05, 3.63) is 40.4 Å². The highest BCUT2D eigenvalue weighted by Crippen LogP contribution is 2.21. The Hall–Kier alpha value is -2.21. The summed E-state index contributed by atoms with van der Waals surface area (Å²) in [5, 5.41) is 0.576. The summed E-state index contributed by atoms with van der Waals surface area (Å²) < 4.78 is 1.44. The van der Waals surface area contributed by atoms with Crippen molar-refractivity contribution in [3.63, 3.8) is 0 Å². The van der Waals surface area contributed by atoms with Crippen LogP contribution in [0.15, 0.2) is 29.3 Å². The van der Waals surface area contributed by atoms with Crippen LogP contribution in [-0.2, 0) is 11.3 Å². The Balaban J connectivity index is 1.52. The average Bonchev–Trinajstić information content (AvgIpc) is 2.64. The lowest BCUT2D eigenvalue weighted by Crippen LogP contribution is -2.56. The van der Waals surface area contributed by atoms with E-state index in [1.54, 1.807) is 6.07 Å². The second-order valence-corrected chi connectivity index (χ2v) is 7.17. The van der Waals surface area contributed by atoms with Gasteiger partial charge in [0.15, 0.2) is 0 Å². The molecule has 0 spiro atoms. The Morgan fingerprint density at radius 3 is 3.00 bits per heavy atom. The van der Waals surface area contributed by atoms with Gasteiger partial charge in [-0.25, -0.2) is 4.98 Å². The molecule has 2 aliphatic rings. The van der Waals surface area contributed by atoms with E-state index in [2.05, 4.69) is 9.88 Å². The Morgan fingerprint density at radius 1 is 1.24 bits per heavy atom. The van der Waals surface area contributed by atoms with Crippen LogP contribution in [0.5, 0.6) is 0 Å². The van der Waals surface area contributed by atoms with Crippen LogP contribution >= 0.6 is 0 Å². The Labute approximate surface area is 147 Å². The van der Waals surface area contributed by atoms with Gasteiger partial charge in [0, 0.05) is 25.7 Å². The van der Waals surface area contributed by atoms with Gasteiger partial charge in [-0.2, -0.15) is 0 Å². The molecule has 2 saturated heterocycles. The first kappa shape index (κ1) is 16.3. The van der Waals surface area contributed by atoms with Crippen LogP contribution in [0, 0.1) is 6.92 Å². The minimum absolute atomic E-state index is 0.0149. The third-order valence-corrected chi connectivity index (χ3v) is 5.55. The van der Waals surface area contributed by atoms with Crippen LogP contribution in [0.3, 0.4) is 0 Å². The van der Waals surface area contributed by atoms with E-state index in [0.717, 1.165) is 31.7 Å². The van der Waals surface area contributed by atoms with Crippen LogP contribution in [0.4, 0.5) is 0 Å². The minimum atomic E-state index is -0.140. The summed E-state index contributed by atoms with van der Waals surface area (Å²) >= 11 is 0. The van der Waals surface area contributed by atoms with Crippen LogP contribution in [0.2, 0.25) is 0 Å². The van der Waals surface area contributed by atoms with E-state index in [1.165, 1.54) is 30.2 Å². The number of aromatic nitrogens is 2. The fourth-order valence-electron chi connectivity index (χ4n) is 4.08. The normalized spacial score (nSPS) is 21.3. The average molecular weight is 340 g/mol. The molecule has 0 aliphatic carbocycles. The lowest BCUT2D eigenvalue weighted by molar-refractivity contribution is -0.135. The smallest absolute Gasteiger partial charge is 0.261 e. The zero-order chi connectivity index (χ0) is 17.4. The molecule has 1 aromatic heterocycles. The Bertz CT molecular complexity index is 860. The summed E-state index contributed by atoms with van der Waals surface area (Å²) in [6, 6.07) is 6.06. The van der Waals surface area contributed by atoms with Gasteiger partial charge in [0.05, 0.1) is 17.2 Å². The number of carbonyl (C=O) groups is 1. The fourth-order valence-corrected chi connectivity index (χ4v) is 4.08. The number of para-hydroxylation sites is 1. The van der Waals surface area contributed by atoms with Gasteiger partial charge in [-0.3, -0.25) is 19.1 Å². The molecule has 1 amide bonds. The molecule has 2 aliphatic heterocycles. The molecule has 25 heavy (non-hydrogen) atoms. The largest absolute Gasteiger partial charge is 0.338 e. The summed E-state index contributed by atoms with van der Waals surface area (Å²) in [7, 11) is 0. The number of nitrogens with zero attached hydrogens (tertiary/aromatic N) is 4. The maximum Gasteiger partial charge on any atom is 0.261 e. The number of amides is 1. The van der Waals surface area contributed by atoms with Gasteiger partial charge in [-0.05, 0) is 37.9 Å². The van der Waals surface area contributed by atoms with Crippen molar-refractivity contribution in [2.24, 2.45) is 0 Å². The molecule has 0 bridgehead atoms. The molecule has 0 N–H and O–H groups in total. The topological polar surface area (TPSA) is 58.4 Å². The molecule has 132 valence electrons. The van der Waals surface area contributed by atoms with Crippen molar-refractivity contribution in [1.29, 1.82) is 0 Å². The van der Waals surface area contributed by atoms with Crippen molar-refractivity contribution < 1.29 is 4.79 Å². The standard InChI is InChI=1S/C19H24N4O2/c1-14-5-4-7-16-18(14)20-13-23(19(16)25)12-17(24)22-10-9-21-8-3-2-6-15(21)11-22/h4-5,7,13,15H,2-3,6,8-12H2,1H3/t15-/m0/s1. The van der Waals surface area contributed by atoms with Gasteiger partial charge in [0.1, 0.15) is 6.54 Å². The van der Waals surface area contributed by atoms with E-state index in [0.29, 0.717) is 16.9 Å². The first-order valence-corrected chi connectivity index (χ1v) is 9.10. The molecule has 0 radical (unpaired) electrons. The summed E-state index contributed by atoms with van der Waals surface area (Å²) in [5.74, 6) is 0.0149. The second kappa shape index (κ2) is 6.59. The van der Waals surface area contributed by atoms with Gasteiger partial charge in [-0.15, -0.1) is 0 Å². The molecule has 1 atom stereocenters. The summed E-state index contributed by atoms with van der Waals surface area (Å²) in [6.07, 6.45) is 5.19. The molecule has 4 rings (SSSR count). The minimum Gasteiger partial charge on any atom is -0.338 e. The quantitative estimate of drug-likeness (QED) is 0.829. The zero-order valence-corrected chi connectivity index (χ0v) is 14.6. The molecule has 3 heterocycles. The molecule has 0 unspecified atom stereocenters. The Morgan fingerprint density at radius 2 is 2.12 bits per heavy atom. The predicted molar refractivity (Wildman–Crippen MR) is 96.5 cm³/mol. The monoisotopic (exact) mass is 340 g/mol. The Kier molecular flexibility index (Phi) is 4.29. The van der Waals surface area contributed by atoms with E-state index in [-0.39, 0.29) is 18.0 Å². The third-order valence-electron chi connectivity index (χ3n) is 5.55. The van der Waals surface area contributed by atoms with E-state index >= 15 is 0 Å². The molecule has 6 nitrogen and oxygen atoms in total. The number of benzene rings is 1. The fraction of sp³-hybridized carbons (Fsp3) is 0.526. The van der Waals surface area contributed by atoms with Gasteiger partial charge >= 0.3 is 0 Å². The number of hydrogen-bond donors (Lipinski definition) is 0. The molecule has 2 aromatic rings. The van der Waals surface area contributed by atoms with E-state index in [4.69, 9.17) is 0 Å². The van der Waals surface area contributed by atoms with Crippen molar-refractivity contribution in [1.82, 2.24) is 19.4 Å². The highest BCUT2D eigenvalue weighted by atomic mass is 16.2. The maximum atomic E-state index is 12.7. The van der Waals surface area contributed by atoms with Gasteiger partial charge in [-0.1, -0.05) is 18.6 Å². The summed E-state index contributed by atoms with van der Waals surface area (Å²) in [6.45, 7) is 5.65. The van der Waals surface area contributed by atoms with Crippen molar-refractivity contribution in [2.75, 3.05) is 26.2 Å². The number of rotatable bonds is 2. The summed E-state index contributed by atoms with van der Waals surface area (Å²) in [5.41, 5.74) is 1.55. The lowest BCUT2D eigenvalue weighted by atomic mass is 9.99. The van der Waals surface area contributed by atoms with Crippen LogP contribution < -0.4 is 5.56 Å². The van der Waals surface area contributed by atoms with Gasteiger partial charge in [0.25, 0.3) is 5.56 Å². The second-order valence-electron chi connectivity index (χ2n) is 7.17. The number of piperidine rings is 1. The van der Waals surface area contributed by atoms with E-state index in [1.807, 2.05) is 24.0 Å². The lowest BCUT2D eigenvalue weighted by Gasteiger charge is -2.44. The number of carbonyl (C=O) groups excluding carboxylic acids is 1. The van der Waals surface area contributed by atoms with Gasteiger partial charge in [0.2, 0.25) is 5.91 Å². The summed E-state index contributed by atoms with van der Waals surface area (Å²) in [4.78, 5) is 34.2. The first-order chi connectivity index (χ1) is 12.1. The van der Waals surface area contributed by atoms with Crippen LogP contribution in [0.25, 0.3) is 10.9 Å². The van der Waals surface area contributed by atoms with Crippen LogP contribution in [-0.4, -0.2) is 57.5 Å². The number of fused-ring (bicyclic) bond motifs is 2. The zero-order valence-electron chi connectivity index (χ0n) is 14.6. The highest BCUT2D eigenvalue weighted by molar-refractivity contribution is 5.81. The molecular weight excluding hydrogens is 316 g/mol. The highest BCUT2D eigenvalue weighted by Gasteiger charge is 2.31. The molecule has 1 aromatic carbocycles. The first-order valence-electron chi connectivity index (χ1n) is 9.10. The molecule has 6 heteroatoms. The predicted octanol–water partition coefficient (Wildman–Crippen LogP) is 1.40. The van der Waals surface area contributed by atoms with Gasteiger partial charge < -0.3 is 4.90 Å². The molecule has 0 saturated carbocycles. The third kappa shape index (κ3) is 3.06. The van der Waals surface area contributed by atoms with Crippen molar-refractivity contribution in [2.45, 2.75) is 38.8 Å². The number of aryl methyl sites for hydroxylation is 1.